The number of hydrogen-bond acceptors (Lipinski definition) is 8. The van der Waals surface area contributed by atoms with Crippen molar-refractivity contribution in [3.8, 4) is 5.88 Å². The summed E-state index contributed by atoms with van der Waals surface area (Å²) >= 11 is 0. The van der Waals surface area contributed by atoms with Crippen LogP contribution in [-0.4, -0.2) is 69.0 Å². The third-order valence-corrected chi connectivity index (χ3v) is 7.46. The Hall–Kier alpha value is -2.96. The minimum atomic E-state index is -3.43. The summed E-state index contributed by atoms with van der Waals surface area (Å²) in [7, 11) is -3.43. The summed E-state index contributed by atoms with van der Waals surface area (Å²) in [5.41, 5.74) is 0.558. The molecule has 2 heterocycles. The Balaban J connectivity index is 1.40. The van der Waals surface area contributed by atoms with Gasteiger partial charge in [-0.05, 0) is 55.7 Å². The Labute approximate surface area is 220 Å². The van der Waals surface area contributed by atoms with Crippen molar-refractivity contribution in [2.45, 2.75) is 55.6 Å². The molecule has 2 fully saturated rings. The fourth-order valence-electron chi connectivity index (χ4n) is 4.33. The molecule has 1 aromatic carbocycles. The maximum absolute atomic E-state index is 13.8. The number of carbonyl (C=O) groups is 1. The molecule has 38 heavy (non-hydrogen) atoms. The molecule has 1 aliphatic heterocycles. The van der Waals surface area contributed by atoms with E-state index in [9.17, 15) is 22.0 Å². The first kappa shape index (κ1) is 28.1. The van der Waals surface area contributed by atoms with E-state index in [1.54, 1.807) is 0 Å². The number of hydrogen-bond donors (Lipinski definition) is 1. The average Bonchev–Trinajstić information content (AvgIpc) is 3.22. The van der Waals surface area contributed by atoms with Gasteiger partial charge in [-0.2, -0.15) is 0 Å². The van der Waals surface area contributed by atoms with Crippen LogP contribution in [0.15, 0.2) is 47.6 Å². The van der Waals surface area contributed by atoms with Gasteiger partial charge < -0.3 is 19.5 Å². The summed E-state index contributed by atoms with van der Waals surface area (Å²) in [6.07, 6.45) is 4.78. The zero-order chi connectivity index (χ0) is 27.1. The number of allylic oxidation sites excluding steroid dienone is 1. The van der Waals surface area contributed by atoms with Crippen LogP contribution in [0.4, 0.5) is 14.6 Å². The van der Waals surface area contributed by atoms with Crippen LogP contribution in [0.2, 0.25) is 0 Å². The van der Waals surface area contributed by atoms with E-state index >= 15 is 0 Å². The smallest absolute Gasteiger partial charge is 0.257 e. The van der Waals surface area contributed by atoms with Gasteiger partial charge in [0.15, 0.2) is 21.9 Å². The van der Waals surface area contributed by atoms with Crippen molar-refractivity contribution in [1.29, 1.82) is 0 Å². The third-order valence-electron chi connectivity index (χ3n) is 6.33. The molecule has 2 aromatic rings. The molecule has 206 valence electrons. The number of benzene rings is 1. The van der Waals surface area contributed by atoms with Gasteiger partial charge >= 0.3 is 0 Å². The summed E-state index contributed by atoms with van der Waals surface area (Å²) in [5, 5.41) is 2.64. The monoisotopic (exact) mass is 551 g/mol. The Morgan fingerprint density at radius 1 is 1.11 bits per heavy atom. The summed E-state index contributed by atoms with van der Waals surface area (Å²) in [6, 6.07) is 5.73. The van der Waals surface area contributed by atoms with Crippen LogP contribution in [0.3, 0.4) is 0 Å². The molecule has 0 bridgehead atoms. The zero-order valence-corrected chi connectivity index (χ0v) is 21.8. The quantitative estimate of drug-likeness (QED) is 0.349. The van der Waals surface area contributed by atoms with Gasteiger partial charge in [0.1, 0.15) is 19.0 Å². The van der Waals surface area contributed by atoms with Crippen molar-refractivity contribution in [2.24, 2.45) is 5.92 Å². The van der Waals surface area contributed by atoms with Crippen LogP contribution in [0.5, 0.6) is 5.88 Å². The number of anilines is 1. The largest absolute Gasteiger partial charge is 0.474 e. The van der Waals surface area contributed by atoms with Gasteiger partial charge in [-0.3, -0.25) is 4.79 Å². The summed E-state index contributed by atoms with van der Waals surface area (Å²) in [6.45, 7) is 1.28. The fraction of sp³-hybridized carbons (Fsp3) is 0.500. The molecule has 12 heteroatoms. The number of halogens is 2. The van der Waals surface area contributed by atoms with Gasteiger partial charge in [0, 0.05) is 18.4 Å². The van der Waals surface area contributed by atoms with Crippen molar-refractivity contribution >= 4 is 27.1 Å². The normalized spacial score (nSPS) is 24.2. The molecule has 1 amide bonds. The molecule has 0 spiro atoms. The number of nitrogens with one attached hydrogen (secondary N) is 1. The molecule has 1 N–H and O–H groups in total. The molecule has 4 rings (SSSR count). The Morgan fingerprint density at radius 3 is 2.45 bits per heavy atom. The first-order valence-corrected chi connectivity index (χ1v) is 14.4. The molecular formula is C26H31F2N3O6S. The predicted octanol–water partition coefficient (Wildman–Crippen LogP) is 3.91. The first-order valence-electron chi connectivity index (χ1n) is 12.5. The van der Waals surface area contributed by atoms with Crippen LogP contribution in [0.1, 0.15) is 37.7 Å². The van der Waals surface area contributed by atoms with E-state index in [0.717, 1.165) is 25.5 Å². The number of alkyl halides is 2. The standard InChI is InChI=1S/C26H31F2N3O6S/c1-38(33,34)19-7-5-18(6-8-19)20(12-17-13-21(27)22(28)14-17)26(32)31-23-15-30-24(16-29-23)35-10-11-37-25-4-2-3-9-36-25/h5-8,12,15-17,21-22,25H,2-4,9-11,13-14H2,1H3,(H,29,31,32)/b20-12+. The lowest BCUT2D eigenvalue weighted by molar-refractivity contribution is -0.165. The van der Waals surface area contributed by atoms with Gasteiger partial charge in [-0.15, -0.1) is 0 Å². The number of amides is 1. The van der Waals surface area contributed by atoms with E-state index in [4.69, 9.17) is 14.2 Å². The number of sulfone groups is 1. The molecule has 1 aromatic heterocycles. The van der Waals surface area contributed by atoms with Gasteiger partial charge in [0.2, 0.25) is 5.88 Å². The van der Waals surface area contributed by atoms with Crippen LogP contribution in [0.25, 0.3) is 5.57 Å². The highest BCUT2D eigenvalue weighted by Gasteiger charge is 2.34. The SMILES string of the molecule is CS(=O)(=O)c1ccc(/C(=C\C2CC(F)C(F)C2)C(=O)Nc2cnc(OCCOC3CCCCO3)cn2)cc1. The summed E-state index contributed by atoms with van der Waals surface area (Å²) in [4.78, 5) is 21.6. The minimum absolute atomic E-state index is 0.0399. The topological polar surface area (TPSA) is 117 Å². The highest BCUT2D eigenvalue weighted by Crippen LogP contribution is 2.34. The second kappa shape index (κ2) is 12.7. The van der Waals surface area contributed by atoms with E-state index in [1.165, 1.54) is 42.7 Å². The Bertz CT molecular complexity index is 1210. The lowest BCUT2D eigenvalue weighted by atomic mass is 9.98. The van der Waals surface area contributed by atoms with E-state index in [-0.39, 0.29) is 47.9 Å². The molecule has 0 radical (unpaired) electrons. The minimum Gasteiger partial charge on any atom is -0.474 e. The molecule has 2 aliphatic rings. The number of nitrogens with zero attached hydrogens (tertiary/aromatic N) is 2. The first-order chi connectivity index (χ1) is 18.2. The van der Waals surface area contributed by atoms with Crippen LogP contribution in [0, 0.1) is 5.92 Å². The second-order valence-corrected chi connectivity index (χ2v) is 11.4. The number of carbonyl (C=O) groups excluding carboxylic acids is 1. The second-order valence-electron chi connectivity index (χ2n) is 9.35. The average molecular weight is 552 g/mol. The van der Waals surface area contributed by atoms with Crippen molar-refractivity contribution in [3.05, 3.63) is 48.3 Å². The Morgan fingerprint density at radius 2 is 1.84 bits per heavy atom. The number of ether oxygens (including phenoxy) is 3. The van der Waals surface area contributed by atoms with Crippen LogP contribution < -0.4 is 10.1 Å². The maximum atomic E-state index is 13.8. The van der Waals surface area contributed by atoms with E-state index in [1.807, 2.05) is 0 Å². The van der Waals surface area contributed by atoms with Crippen molar-refractivity contribution < 1.29 is 36.2 Å². The molecule has 1 saturated carbocycles. The predicted molar refractivity (Wildman–Crippen MR) is 136 cm³/mol. The third kappa shape index (κ3) is 7.78. The van der Waals surface area contributed by atoms with Crippen LogP contribution in [-0.2, 0) is 24.1 Å². The van der Waals surface area contributed by atoms with Crippen molar-refractivity contribution in [1.82, 2.24) is 9.97 Å². The van der Waals surface area contributed by atoms with Crippen molar-refractivity contribution in [2.75, 3.05) is 31.4 Å². The molecule has 1 aliphatic carbocycles. The summed E-state index contributed by atoms with van der Waals surface area (Å²) in [5.74, 6) is -0.666. The van der Waals surface area contributed by atoms with E-state index in [0.29, 0.717) is 18.8 Å². The molecule has 1 saturated heterocycles. The molecule has 3 atom stereocenters. The maximum Gasteiger partial charge on any atom is 0.257 e. The number of rotatable bonds is 10. The van der Waals surface area contributed by atoms with Crippen molar-refractivity contribution in [3.63, 3.8) is 0 Å². The molecule has 3 unspecified atom stereocenters. The fourth-order valence-corrected chi connectivity index (χ4v) is 4.96. The molecular weight excluding hydrogens is 520 g/mol. The highest BCUT2D eigenvalue weighted by molar-refractivity contribution is 7.90. The van der Waals surface area contributed by atoms with Gasteiger partial charge in [0.05, 0.1) is 23.9 Å². The molecule has 9 nitrogen and oxygen atoms in total. The zero-order valence-electron chi connectivity index (χ0n) is 21.0. The van der Waals surface area contributed by atoms with Gasteiger partial charge in [-0.1, -0.05) is 18.2 Å². The highest BCUT2D eigenvalue weighted by atomic mass is 32.2. The Kier molecular flexibility index (Phi) is 9.40. The van der Waals surface area contributed by atoms with E-state index in [2.05, 4.69) is 15.3 Å². The van der Waals surface area contributed by atoms with Gasteiger partial charge in [0.25, 0.3) is 5.91 Å². The summed E-state index contributed by atoms with van der Waals surface area (Å²) < 4.78 is 67.8. The van der Waals surface area contributed by atoms with Gasteiger partial charge in [-0.25, -0.2) is 27.2 Å². The number of aromatic nitrogens is 2. The van der Waals surface area contributed by atoms with Crippen LogP contribution >= 0.6 is 0 Å². The lowest BCUT2D eigenvalue weighted by Gasteiger charge is -2.22. The lowest BCUT2D eigenvalue weighted by Crippen LogP contribution is -2.24. The van der Waals surface area contributed by atoms with E-state index < -0.39 is 34.0 Å².